The van der Waals surface area contributed by atoms with E-state index in [-0.39, 0.29) is 5.91 Å². The summed E-state index contributed by atoms with van der Waals surface area (Å²) in [5.41, 5.74) is 1.73. The maximum atomic E-state index is 12.1. The highest BCUT2D eigenvalue weighted by molar-refractivity contribution is 6.31. The highest BCUT2D eigenvalue weighted by Crippen LogP contribution is 2.23. The van der Waals surface area contributed by atoms with Crippen LogP contribution >= 0.6 is 23.2 Å². The van der Waals surface area contributed by atoms with Gasteiger partial charge >= 0.3 is 0 Å². The maximum absolute atomic E-state index is 12.1. The molecule has 2 aromatic carbocycles. The molecule has 1 atom stereocenters. The third-order valence-electron chi connectivity index (χ3n) is 3.26. The molecule has 0 bridgehead atoms. The van der Waals surface area contributed by atoms with Crippen LogP contribution < -0.4 is 10.1 Å². The van der Waals surface area contributed by atoms with Gasteiger partial charge in [-0.15, -0.1) is 11.6 Å². The smallest absolute Gasteiger partial charge is 0.242 e. The Bertz CT molecular complexity index is 632. The van der Waals surface area contributed by atoms with Gasteiger partial charge in [0.15, 0.2) is 0 Å². The summed E-state index contributed by atoms with van der Waals surface area (Å²) >= 11 is 12.1. The molecule has 0 aliphatic rings. The molecule has 0 fully saturated rings. The van der Waals surface area contributed by atoms with Crippen molar-refractivity contribution < 1.29 is 9.53 Å². The molecule has 0 heterocycles. The zero-order valence-electron chi connectivity index (χ0n) is 12.2. The first kappa shape index (κ1) is 16.7. The number of alkyl halides is 1. The predicted molar refractivity (Wildman–Crippen MR) is 89.8 cm³/mol. The van der Waals surface area contributed by atoms with Crippen molar-refractivity contribution in [1.82, 2.24) is 5.32 Å². The van der Waals surface area contributed by atoms with E-state index >= 15 is 0 Å². The highest BCUT2D eigenvalue weighted by atomic mass is 35.5. The topological polar surface area (TPSA) is 38.3 Å². The van der Waals surface area contributed by atoms with E-state index < -0.39 is 5.38 Å². The first-order chi connectivity index (χ1) is 10.6. The van der Waals surface area contributed by atoms with Crippen molar-refractivity contribution in [3.05, 3.63) is 64.7 Å². The van der Waals surface area contributed by atoms with E-state index in [2.05, 4.69) is 5.32 Å². The second kappa shape index (κ2) is 8.06. The van der Waals surface area contributed by atoms with E-state index in [0.29, 0.717) is 18.0 Å². The van der Waals surface area contributed by atoms with Gasteiger partial charge < -0.3 is 10.1 Å². The van der Waals surface area contributed by atoms with Crippen LogP contribution in [0.1, 0.15) is 16.5 Å². The minimum atomic E-state index is -0.692. The lowest BCUT2D eigenvalue weighted by Crippen LogP contribution is -2.29. The Labute approximate surface area is 140 Å². The van der Waals surface area contributed by atoms with Crippen LogP contribution in [0.25, 0.3) is 0 Å². The van der Waals surface area contributed by atoms with Crippen LogP contribution in [-0.4, -0.2) is 19.6 Å². The molecule has 0 spiro atoms. The number of nitrogens with one attached hydrogen (secondary N) is 1. The van der Waals surface area contributed by atoms with Crippen LogP contribution in [0.3, 0.4) is 0 Å². The Balaban J connectivity index is 1.91. The van der Waals surface area contributed by atoms with Crippen molar-refractivity contribution in [3.8, 4) is 5.75 Å². The summed E-state index contributed by atoms with van der Waals surface area (Å²) in [7, 11) is 1.61. The molecule has 2 rings (SSSR count). The first-order valence-electron chi connectivity index (χ1n) is 6.91. The lowest BCUT2D eigenvalue weighted by atomic mass is 10.1. The van der Waals surface area contributed by atoms with Crippen LogP contribution in [0.4, 0.5) is 0 Å². The summed E-state index contributed by atoms with van der Waals surface area (Å²) < 4.78 is 5.28. The number of rotatable bonds is 6. The van der Waals surface area contributed by atoms with Gasteiger partial charge in [-0.1, -0.05) is 41.9 Å². The molecule has 0 radical (unpaired) electrons. The van der Waals surface area contributed by atoms with Gasteiger partial charge in [0, 0.05) is 11.6 Å². The molecule has 116 valence electrons. The van der Waals surface area contributed by atoms with Gasteiger partial charge in [-0.3, -0.25) is 4.79 Å². The predicted octanol–water partition coefficient (Wildman–Crippen LogP) is 3.99. The number of benzene rings is 2. The molecule has 0 saturated heterocycles. The largest absolute Gasteiger partial charge is 0.496 e. The summed E-state index contributed by atoms with van der Waals surface area (Å²) in [6.45, 7) is 0.464. The molecule has 1 amide bonds. The van der Waals surface area contributed by atoms with Gasteiger partial charge in [-0.05, 0) is 35.7 Å². The van der Waals surface area contributed by atoms with Crippen LogP contribution in [0, 0.1) is 0 Å². The fourth-order valence-electron chi connectivity index (χ4n) is 2.13. The zero-order valence-corrected chi connectivity index (χ0v) is 13.7. The van der Waals surface area contributed by atoms with E-state index in [0.717, 1.165) is 16.9 Å². The minimum Gasteiger partial charge on any atom is -0.496 e. The van der Waals surface area contributed by atoms with E-state index in [1.54, 1.807) is 13.2 Å². The minimum absolute atomic E-state index is 0.214. The van der Waals surface area contributed by atoms with Gasteiger partial charge in [0.05, 0.1) is 7.11 Å². The summed E-state index contributed by atoms with van der Waals surface area (Å²) in [5.74, 6) is 0.540. The second-order valence-corrected chi connectivity index (χ2v) is 5.64. The van der Waals surface area contributed by atoms with Crippen molar-refractivity contribution in [3.63, 3.8) is 0 Å². The van der Waals surface area contributed by atoms with E-state index in [1.807, 2.05) is 42.5 Å². The number of methoxy groups -OCH3 is 1. The van der Waals surface area contributed by atoms with Crippen molar-refractivity contribution in [2.24, 2.45) is 0 Å². The number of ether oxygens (including phenoxy) is 1. The lowest BCUT2D eigenvalue weighted by molar-refractivity contribution is -0.120. The molecule has 0 aromatic heterocycles. The Hall–Kier alpha value is -1.71. The van der Waals surface area contributed by atoms with Gasteiger partial charge in [0.1, 0.15) is 11.1 Å². The average molecular weight is 338 g/mol. The van der Waals surface area contributed by atoms with Crippen LogP contribution in [0.5, 0.6) is 5.75 Å². The van der Waals surface area contributed by atoms with Gasteiger partial charge in [0.25, 0.3) is 0 Å². The third-order valence-corrected chi connectivity index (χ3v) is 3.94. The van der Waals surface area contributed by atoms with Gasteiger partial charge in [-0.2, -0.15) is 0 Å². The summed E-state index contributed by atoms with van der Waals surface area (Å²) in [4.78, 5) is 12.1. The molecule has 1 N–H and O–H groups in total. The van der Waals surface area contributed by atoms with Crippen LogP contribution in [0.15, 0.2) is 48.5 Å². The number of hydrogen-bond donors (Lipinski definition) is 1. The Morgan fingerprint density at radius 1 is 1.23 bits per heavy atom. The SMILES string of the molecule is COc1ccc(Cl)cc1CCNC(=O)C(Cl)c1ccccc1. The fraction of sp³-hybridized carbons (Fsp3) is 0.235. The summed E-state index contributed by atoms with van der Waals surface area (Å²) in [6, 6.07) is 14.7. The highest BCUT2D eigenvalue weighted by Gasteiger charge is 2.16. The molecule has 2 aromatic rings. The van der Waals surface area contributed by atoms with Crippen molar-refractivity contribution in [2.75, 3.05) is 13.7 Å². The Morgan fingerprint density at radius 3 is 2.64 bits per heavy atom. The maximum Gasteiger partial charge on any atom is 0.242 e. The first-order valence-corrected chi connectivity index (χ1v) is 7.72. The van der Waals surface area contributed by atoms with E-state index in [1.165, 1.54) is 0 Å². The zero-order chi connectivity index (χ0) is 15.9. The monoisotopic (exact) mass is 337 g/mol. The van der Waals surface area contributed by atoms with Crippen molar-refractivity contribution in [2.45, 2.75) is 11.8 Å². The van der Waals surface area contributed by atoms with Crippen molar-refractivity contribution >= 4 is 29.1 Å². The van der Waals surface area contributed by atoms with Gasteiger partial charge in [0.2, 0.25) is 5.91 Å². The van der Waals surface area contributed by atoms with E-state index in [9.17, 15) is 4.79 Å². The molecular weight excluding hydrogens is 321 g/mol. The van der Waals surface area contributed by atoms with Crippen molar-refractivity contribution in [1.29, 1.82) is 0 Å². The number of halogens is 2. The molecule has 5 heteroatoms. The average Bonchev–Trinajstić information content (AvgIpc) is 2.55. The number of amides is 1. The molecular formula is C17H17Cl2NO2. The second-order valence-electron chi connectivity index (χ2n) is 4.77. The third kappa shape index (κ3) is 4.39. The normalized spacial score (nSPS) is 11.8. The summed E-state index contributed by atoms with van der Waals surface area (Å²) in [6.07, 6.45) is 0.619. The Morgan fingerprint density at radius 2 is 1.95 bits per heavy atom. The lowest BCUT2D eigenvalue weighted by Gasteiger charge is -2.12. The van der Waals surface area contributed by atoms with E-state index in [4.69, 9.17) is 27.9 Å². The van der Waals surface area contributed by atoms with Crippen LogP contribution in [0.2, 0.25) is 5.02 Å². The number of carbonyl (C=O) groups excluding carboxylic acids is 1. The number of hydrogen-bond acceptors (Lipinski definition) is 2. The molecule has 0 aliphatic heterocycles. The van der Waals surface area contributed by atoms with Crippen LogP contribution in [-0.2, 0) is 11.2 Å². The van der Waals surface area contributed by atoms with Gasteiger partial charge in [-0.25, -0.2) is 0 Å². The Kier molecular flexibility index (Phi) is 6.10. The summed E-state index contributed by atoms with van der Waals surface area (Å²) in [5, 5.41) is 2.78. The number of carbonyl (C=O) groups is 1. The quantitative estimate of drug-likeness (QED) is 0.809. The standard InChI is InChI=1S/C17H17Cl2NO2/c1-22-15-8-7-14(18)11-13(15)9-10-20-17(21)16(19)12-5-3-2-4-6-12/h2-8,11,16H,9-10H2,1H3,(H,20,21). The molecule has 1 unspecified atom stereocenters. The molecule has 3 nitrogen and oxygen atoms in total. The fourth-order valence-corrected chi connectivity index (χ4v) is 2.54. The molecule has 22 heavy (non-hydrogen) atoms. The molecule has 0 aliphatic carbocycles. The molecule has 0 saturated carbocycles.